The van der Waals surface area contributed by atoms with E-state index in [-0.39, 0.29) is 18.3 Å². The number of carbonyl (C=O) groups excluding carboxylic acids is 1. The lowest BCUT2D eigenvalue weighted by Gasteiger charge is -2.33. The van der Waals surface area contributed by atoms with Crippen LogP contribution in [0.2, 0.25) is 0 Å². The number of aromatic nitrogens is 1. The highest BCUT2D eigenvalue weighted by molar-refractivity contribution is 5.68. The summed E-state index contributed by atoms with van der Waals surface area (Å²) in [6, 6.07) is 1.47. The van der Waals surface area contributed by atoms with Crippen LogP contribution in [0.1, 0.15) is 53.2 Å². The Morgan fingerprint density at radius 3 is 2.48 bits per heavy atom. The number of hydrogen-bond acceptors (Lipinski definition) is 5. The number of pyridine rings is 1. The standard InChI is InChI=1S/C20H32FN3O3/c1-6-15(7-2)24(19(25)27-20(3,4)5)14-18-17(21)12-16(13-22-18)23-8-10-26-11-9-23/h12-13,15H,6-11,14H2,1-5H3. The molecular formula is C20H32FN3O3. The number of halogens is 1. The molecular weight excluding hydrogens is 349 g/mol. The van der Waals surface area contributed by atoms with Crippen LogP contribution < -0.4 is 4.90 Å². The Kier molecular flexibility index (Phi) is 7.41. The molecule has 2 rings (SSSR count). The summed E-state index contributed by atoms with van der Waals surface area (Å²) in [4.78, 5) is 20.6. The van der Waals surface area contributed by atoms with Crippen LogP contribution in [0.5, 0.6) is 0 Å². The minimum absolute atomic E-state index is 0.0278. The molecule has 1 fully saturated rings. The average Bonchev–Trinajstić information content (AvgIpc) is 2.62. The molecule has 6 nitrogen and oxygen atoms in total. The topological polar surface area (TPSA) is 54.9 Å². The molecule has 0 N–H and O–H groups in total. The zero-order valence-corrected chi connectivity index (χ0v) is 17.1. The number of hydrogen-bond donors (Lipinski definition) is 0. The molecule has 0 aromatic carbocycles. The molecule has 1 amide bonds. The van der Waals surface area contributed by atoms with Gasteiger partial charge in [-0.2, -0.15) is 0 Å². The second-order valence-corrected chi connectivity index (χ2v) is 7.80. The molecule has 0 atom stereocenters. The van der Waals surface area contributed by atoms with Crippen molar-refractivity contribution in [1.82, 2.24) is 9.88 Å². The van der Waals surface area contributed by atoms with E-state index in [2.05, 4.69) is 9.88 Å². The molecule has 7 heteroatoms. The lowest BCUT2D eigenvalue weighted by atomic mass is 10.1. The molecule has 1 aliphatic heterocycles. The van der Waals surface area contributed by atoms with E-state index in [1.165, 1.54) is 6.07 Å². The van der Waals surface area contributed by atoms with Gasteiger partial charge in [0.2, 0.25) is 0 Å². The second kappa shape index (κ2) is 9.35. The summed E-state index contributed by atoms with van der Waals surface area (Å²) in [6.07, 6.45) is 2.77. The van der Waals surface area contributed by atoms with Crippen molar-refractivity contribution in [3.63, 3.8) is 0 Å². The average molecular weight is 381 g/mol. The van der Waals surface area contributed by atoms with Gasteiger partial charge in [-0.1, -0.05) is 13.8 Å². The molecule has 1 aromatic heterocycles. The smallest absolute Gasteiger partial charge is 0.410 e. The largest absolute Gasteiger partial charge is 0.444 e. The summed E-state index contributed by atoms with van der Waals surface area (Å²) in [5.74, 6) is -0.404. The predicted molar refractivity (Wildman–Crippen MR) is 103 cm³/mol. The van der Waals surface area contributed by atoms with Crippen molar-refractivity contribution < 1.29 is 18.7 Å². The van der Waals surface area contributed by atoms with Crippen molar-refractivity contribution in [2.24, 2.45) is 0 Å². The van der Waals surface area contributed by atoms with Gasteiger partial charge < -0.3 is 14.4 Å². The van der Waals surface area contributed by atoms with E-state index in [9.17, 15) is 9.18 Å². The summed E-state index contributed by atoms with van der Waals surface area (Å²) in [5, 5.41) is 0. The van der Waals surface area contributed by atoms with Crippen molar-refractivity contribution in [2.75, 3.05) is 31.2 Å². The first kappa shape index (κ1) is 21.4. The van der Waals surface area contributed by atoms with E-state index in [0.29, 0.717) is 13.2 Å². The third-order valence-corrected chi connectivity index (χ3v) is 4.61. The van der Waals surface area contributed by atoms with Gasteiger partial charge in [-0.3, -0.25) is 9.88 Å². The summed E-state index contributed by atoms with van der Waals surface area (Å²) in [6.45, 7) is 12.3. The molecule has 1 aromatic rings. The lowest BCUT2D eigenvalue weighted by Crippen LogP contribution is -2.43. The van der Waals surface area contributed by atoms with Gasteiger partial charge in [0.05, 0.1) is 37.3 Å². The van der Waals surface area contributed by atoms with E-state index in [4.69, 9.17) is 9.47 Å². The molecule has 0 saturated carbocycles. The fourth-order valence-corrected chi connectivity index (χ4v) is 3.12. The first-order chi connectivity index (χ1) is 12.7. The Labute approximate surface area is 161 Å². The molecule has 1 saturated heterocycles. The number of morpholine rings is 1. The first-order valence-corrected chi connectivity index (χ1v) is 9.71. The van der Waals surface area contributed by atoms with Crippen LogP contribution in [0, 0.1) is 5.82 Å². The molecule has 0 bridgehead atoms. The van der Waals surface area contributed by atoms with Crippen molar-refractivity contribution in [2.45, 2.75) is 65.6 Å². The quantitative estimate of drug-likeness (QED) is 0.746. The highest BCUT2D eigenvalue weighted by atomic mass is 19.1. The van der Waals surface area contributed by atoms with Crippen LogP contribution in [0.15, 0.2) is 12.3 Å². The number of amides is 1. The van der Waals surface area contributed by atoms with Gasteiger partial charge in [0, 0.05) is 25.2 Å². The number of ether oxygens (including phenoxy) is 2. The Morgan fingerprint density at radius 2 is 1.96 bits per heavy atom. The van der Waals surface area contributed by atoms with E-state index < -0.39 is 17.5 Å². The third kappa shape index (κ3) is 6.06. The van der Waals surface area contributed by atoms with Crippen molar-refractivity contribution in [3.8, 4) is 0 Å². The van der Waals surface area contributed by atoms with Crippen LogP contribution in [0.3, 0.4) is 0 Å². The molecule has 0 unspecified atom stereocenters. The first-order valence-electron chi connectivity index (χ1n) is 9.71. The fourth-order valence-electron chi connectivity index (χ4n) is 3.12. The Bertz CT molecular complexity index is 623. The fraction of sp³-hybridized carbons (Fsp3) is 0.700. The molecule has 27 heavy (non-hydrogen) atoms. The van der Waals surface area contributed by atoms with Crippen LogP contribution in [-0.4, -0.2) is 53.9 Å². The second-order valence-electron chi connectivity index (χ2n) is 7.80. The predicted octanol–water partition coefficient (Wildman–Crippen LogP) is 3.98. The maximum absolute atomic E-state index is 14.7. The molecule has 1 aliphatic rings. The van der Waals surface area contributed by atoms with Crippen LogP contribution >= 0.6 is 0 Å². The summed E-state index contributed by atoms with van der Waals surface area (Å²) in [7, 11) is 0. The van der Waals surface area contributed by atoms with Gasteiger partial charge in [-0.05, 0) is 33.6 Å². The minimum Gasteiger partial charge on any atom is -0.444 e. The normalized spacial score (nSPS) is 15.1. The minimum atomic E-state index is -0.604. The highest BCUT2D eigenvalue weighted by Gasteiger charge is 2.28. The number of nitrogens with zero attached hydrogens (tertiary/aromatic N) is 3. The van der Waals surface area contributed by atoms with E-state index in [1.54, 1.807) is 11.1 Å². The van der Waals surface area contributed by atoms with Gasteiger partial charge in [0.1, 0.15) is 11.4 Å². The molecule has 0 aliphatic carbocycles. The summed E-state index contributed by atoms with van der Waals surface area (Å²) >= 11 is 0. The number of anilines is 1. The zero-order valence-electron chi connectivity index (χ0n) is 17.1. The van der Waals surface area contributed by atoms with E-state index >= 15 is 0 Å². The van der Waals surface area contributed by atoms with E-state index in [0.717, 1.165) is 31.6 Å². The maximum Gasteiger partial charge on any atom is 0.410 e. The highest BCUT2D eigenvalue weighted by Crippen LogP contribution is 2.22. The van der Waals surface area contributed by atoms with Gasteiger partial charge in [0.25, 0.3) is 0 Å². The molecule has 2 heterocycles. The van der Waals surface area contributed by atoms with Gasteiger partial charge in [-0.25, -0.2) is 9.18 Å². The SMILES string of the molecule is CCC(CC)N(Cc1ncc(N2CCOCC2)cc1F)C(=O)OC(C)(C)C. The van der Waals surface area contributed by atoms with Gasteiger partial charge in [0.15, 0.2) is 0 Å². The van der Waals surface area contributed by atoms with Crippen molar-refractivity contribution in [1.29, 1.82) is 0 Å². The molecule has 0 radical (unpaired) electrons. The maximum atomic E-state index is 14.7. The van der Waals surface area contributed by atoms with Crippen molar-refractivity contribution in [3.05, 3.63) is 23.8 Å². The third-order valence-electron chi connectivity index (χ3n) is 4.61. The van der Waals surface area contributed by atoms with Crippen molar-refractivity contribution >= 4 is 11.8 Å². The van der Waals surface area contributed by atoms with Crippen LogP contribution in [0.25, 0.3) is 0 Å². The molecule has 152 valence electrons. The number of carbonyl (C=O) groups is 1. The Morgan fingerprint density at radius 1 is 1.33 bits per heavy atom. The van der Waals surface area contributed by atoms with Gasteiger partial charge in [-0.15, -0.1) is 0 Å². The van der Waals surface area contributed by atoms with Gasteiger partial charge >= 0.3 is 6.09 Å². The zero-order chi connectivity index (χ0) is 20.0. The van der Waals surface area contributed by atoms with Crippen LogP contribution in [-0.2, 0) is 16.0 Å². The lowest BCUT2D eigenvalue weighted by molar-refractivity contribution is 0.0125. The molecule has 0 spiro atoms. The van der Waals surface area contributed by atoms with Crippen LogP contribution in [0.4, 0.5) is 14.9 Å². The Hall–Kier alpha value is -1.89. The number of rotatable bonds is 6. The Balaban J connectivity index is 2.19. The monoisotopic (exact) mass is 381 g/mol. The summed E-state index contributed by atoms with van der Waals surface area (Å²) < 4.78 is 25.6. The summed E-state index contributed by atoms with van der Waals surface area (Å²) in [5.41, 5.74) is 0.392. The van der Waals surface area contributed by atoms with E-state index in [1.807, 2.05) is 34.6 Å².